The third-order valence-electron chi connectivity index (χ3n) is 4.03. The molecular formula is C21H21F3N2O2S. The van der Waals surface area contributed by atoms with E-state index in [0.717, 1.165) is 16.8 Å². The smallest absolute Gasteiger partial charge is 0.333 e. The van der Waals surface area contributed by atoms with Crippen molar-refractivity contribution in [2.24, 2.45) is 0 Å². The van der Waals surface area contributed by atoms with Crippen LogP contribution in [0.4, 0.5) is 18.9 Å². The molecule has 0 aromatic heterocycles. The van der Waals surface area contributed by atoms with Crippen LogP contribution in [0.1, 0.15) is 16.7 Å². The van der Waals surface area contributed by atoms with Crippen LogP contribution in [-0.2, 0) is 9.59 Å². The van der Waals surface area contributed by atoms with E-state index in [1.807, 2.05) is 32.0 Å². The zero-order chi connectivity index (χ0) is 21.6. The third kappa shape index (κ3) is 7.30. The second-order valence-corrected chi connectivity index (χ2v) is 7.60. The predicted molar refractivity (Wildman–Crippen MR) is 110 cm³/mol. The second-order valence-electron chi connectivity index (χ2n) is 6.46. The maximum absolute atomic E-state index is 12.3. The van der Waals surface area contributed by atoms with E-state index in [9.17, 15) is 22.8 Å². The van der Waals surface area contributed by atoms with Gasteiger partial charge in [0.1, 0.15) is 0 Å². The van der Waals surface area contributed by atoms with Crippen molar-refractivity contribution in [3.8, 4) is 0 Å². The molecule has 2 aromatic carbocycles. The molecule has 0 atom stereocenters. The molecule has 0 saturated carbocycles. The van der Waals surface area contributed by atoms with Crippen molar-refractivity contribution in [1.82, 2.24) is 4.90 Å². The molecule has 1 N–H and O–H groups in total. The average molecular weight is 422 g/mol. The Morgan fingerprint density at radius 1 is 1.07 bits per heavy atom. The third-order valence-corrected chi connectivity index (χ3v) is 4.77. The van der Waals surface area contributed by atoms with Gasteiger partial charge in [-0.1, -0.05) is 30.3 Å². The molecule has 0 radical (unpaired) electrons. The van der Waals surface area contributed by atoms with Crippen LogP contribution < -0.4 is 5.32 Å². The summed E-state index contributed by atoms with van der Waals surface area (Å²) in [6, 6.07) is 11.3. The first-order valence-electron chi connectivity index (χ1n) is 8.70. The van der Waals surface area contributed by atoms with Crippen LogP contribution in [0.15, 0.2) is 53.4 Å². The van der Waals surface area contributed by atoms with E-state index in [2.05, 4.69) is 5.32 Å². The van der Waals surface area contributed by atoms with Crippen LogP contribution >= 0.6 is 11.8 Å². The molecule has 154 valence electrons. The Labute approximate surface area is 171 Å². The number of thioether (sulfide) groups is 1. The largest absolute Gasteiger partial charge is 0.446 e. The molecule has 2 aromatic rings. The van der Waals surface area contributed by atoms with Gasteiger partial charge in [0.2, 0.25) is 11.8 Å². The summed E-state index contributed by atoms with van der Waals surface area (Å²) < 4.78 is 37.0. The summed E-state index contributed by atoms with van der Waals surface area (Å²) >= 11 is -0.196. The molecule has 0 bridgehead atoms. The number of benzene rings is 2. The van der Waals surface area contributed by atoms with Crippen molar-refractivity contribution in [1.29, 1.82) is 0 Å². The predicted octanol–water partition coefficient (Wildman–Crippen LogP) is 5.03. The number of amides is 2. The lowest BCUT2D eigenvalue weighted by Crippen LogP contribution is -2.34. The van der Waals surface area contributed by atoms with Crippen molar-refractivity contribution in [3.63, 3.8) is 0 Å². The summed E-state index contributed by atoms with van der Waals surface area (Å²) in [5.74, 6) is -0.712. The lowest BCUT2D eigenvalue weighted by atomic mass is 10.1. The zero-order valence-electron chi connectivity index (χ0n) is 16.2. The number of carbonyl (C=O) groups is 2. The summed E-state index contributed by atoms with van der Waals surface area (Å²) in [5.41, 5.74) is -1.17. The number of halogens is 3. The number of alkyl halides is 3. The molecule has 0 aliphatic rings. The Morgan fingerprint density at radius 2 is 1.66 bits per heavy atom. The SMILES string of the molecule is Cc1cccc(C)c1NC(=O)CN(C)C(=O)/C=C/c1ccc(SC(F)(F)F)cc1. The van der Waals surface area contributed by atoms with E-state index in [4.69, 9.17) is 0 Å². The van der Waals surface area contributed by atoms with Crippen LogP contribution in [0.3, 0.4) is 0 Å². The molecule has 0 heterocycles. The number of para-hydroxylation sites is 1. The summed E-state index contributed by atoms with van der Waals surface area (Å²) in [6.45, 7) is 3.65. The van der Waals surface area contributed by atoms with E-state index in [0.29, 0.717) is 5.56 Å². The number of hydrogen-bond donors (Lipinski definition) is 1. The number of hydrogen-bond acceptors (Lipinski definition) is 3. The van der Waals surface area contributed by atoms with Crippen LogP contribution in [0.2, 0.25) is 0 Å². The molecule has 0 unspecified atom stereocenters. The molecule has 2 amide bonds. The van der Waals surface area contributed by atoms with E-state index in [1.54, 1.807) is 0 Å². The number of anilines is 1. The van der Waals surface area contributed by atoms with Crippen LogP contribution in [0.25, 0.3) is 6.08 Å². The van der Waals surface area contributed by atoms with Gasteiger partial charge in [-0.25, -0.2) is 0 Å². The Morgan fingerprint density at radius 3 is 2.21 bits per heavy atom. The molecule has 0 aliphatic heterocycles. The summed E-state index contributed by atoms with van der Waals surface area (Å²) in [7, 11) is 1.50. The standard InChI is InChI=1S/C21H21F3N2O2S/c1-14-5-4-6-15(2)20(14)25-18(27)13-26(3)19(28)12-9-16-7-10-17(11-8-16)29-21(22,23)24/h4-12H,13H2,1-3H3,(H,25,27)/b12-9+. The Bertz CT molecular complexity index is 889. The maximum Gasteiger partial charge on any atom is 0.446 e. The lowest BCUT2D eigenvalue weighted by molar-refractivity contribution is -0.129. The first-order valence-corrected chi connectivity index (χ1v) is 9.52. The first-order chi connectivity index (χ1) is 13.5. The van der Waals surface area contributed by atoms with E-state index >= 15 is 0 Å². The van der Waals surface area contributed by atoms with E-state index < -0.39 is 11.4 Å². The van der Waals surface area contributed by atoms with Crippen molar-refractivity contribution in [3.05, 3.63) is 65.2 Å². The number of rotatable bonds is 6. The number of carbonyl (C=O) groups excluding carboxylic acids is 2. The van der Waals surface area contributed by atoms with Crippen molar-refractivity contribution < 1.29 is 22.8 Å². The highest BCUT2D eigenvalue weighted by Gasteiger charge is 2.28. The number of nitrogens with one attached hydrogen (secondary N) is 1. The topological polar surface area (TPSA) is 49.4 Å². The molecule has 29 heavy (non-hydrogen) atoms. The van der Waals surface area contributed by atoms with E-state index in [1.165, 1.54) is 48.4 Å². The quantitative estimate of drug-likeness (QED) is 0.525. The van der Waals surface area contributed by atoms with Gasteiger partial charge in [-0.15, -0.1) is 0 Å². The van der Waals surface area contributed by atoms with Gasteiger partial charge in [0.15, 0.2) is 0 Å². The zero-order valence-corrected chi connectivity index (χ0v) is 17.0. The minimum absolute atomic E-state index is 0.0706. The Balaban J connectivity index is 1.92. The highest BCUT2D eigenvalue weighted by Crippen LogP contribution is 2.36. The van der Waals surface area contributed by atoms with Gasteiger partial charge in [0, 0.05) is 23.7 Å². The monoisotopic (exact) mass is 422 g/mol. The van der Waals surface area contributed by atoms with Gasteiger partial charge >= 0.3 is 5.51 Å². The summed E-state index contributed by atoms with van der Waals surface area (Å²) in [4.78, 5) is 25.8. The van der Waals surface area contributed by atoms with Gasteiger partial charge in [-0.2, -0.15) is 13.2 Å². The molecule has 0 fully saturated rings. The van der Waals surface area contributed by atoms with Crippen LogP contribution in [-0.4, -0.2) is 35.8 Å². The van der Waals surface area contributed by atoms with Gasteiger partial charge in [-0.05, 0) is 60.5 Å². The molecule has 4 nitrogen and oxygen atoms in total. The normalized spacial score (nSPS) is 11.5. The summed E-state index contributed by atoms with van der Waals surface area (Å²) in [5, 5.41) is 2.81. The fourth-order valence-corrected chi connectivity index (χ4v) is 3.10. The van der Waals surface area contributed by atoms with Crippen LogP contribution in [0.5, 0.6) is 0 Å². The number of likely N-dealkylation sites (N-methyl/N-ethyl adjacent to an activating group) is 1. The minimum Gasteiger partial charge on any atom is -0.333 e. The molecule has 0 aliphatic carbocycles. The Kier molecular flexibility index (Phi) is 7.50. The summed E-state index contributed by atoms with van der Waals surface area (Å²) in [6.07, 6.45) is 2.77. The van der Waals surface area contributed by atoms with Gasteiger partial charge in [0.25, 0.3) is 0 Å². The molecular weight excluding hydrogens is 401 g/mol. The second kappa shape index (κ2) is 9.65. The average Bonchev–Trinajstić information content (AvgIpc) is 2.62. The van der Waals surface area contributed by atoms with E-state index in [-0.39, 0.29) is 29.1 Å². The van der Waals surface area contributed by atoms with Crippen molar-refractivity contribution in [2.75, 3.05) is 18.9 Å². The highest BCUT2D eigenvalue weighted by molar-refractivity contribution is 8.00. The van der Waals surface area contributed by atoms with Gasteiger partial charge < -0.3 is 10.2 Å². The number of nitrogens with zero attached hydrogens (tertiary/aromatic N) is 1. The Hall–Kier alpha value is -2.74. The molecule has 0 spiro atoms. The lowest BCUT2D eigenvalue weighted by Gasteiger charge is -2.16. The highest BCUT2D eigenvalue weighted by atomic mass is 32.2. The van der Waals surface area contributed by atoms with Crippen LogP contribution in [0, 0.1) is 13.8 Å². The minimum atomic E-state index is -4.34. The first kappa shape index (κ1) is 22.5. The van der Waals surface area contributed by atoms with Crippen molar-refractivity contribution >= 4 is 35.3 Å². The fourth-order valence-electron chi connectivity index (χ4n) is 2.56. The molecule has 0 saturated heterocycles. The maximum atomic E-state index is 12.3. The van der Waals surface area contributed by atoms with Gasteiger partial charge in [0.05, 0.1) is 6.54 Å². The van der Waals surface area contributed by atoms with Crippen molar-refractivity contribution in [2.45, 2.75) is 24.3 Å². The molecule has 8 heteroatoms. The fraction of sp³-hybridized carbons (Fsp3) is 0.238. The van der Waals surface area contributed by atoms with Gasteiger partial charge in [-0.3, -0.25) is 9.59 Å². The number of aryl methyl sites for hydroxylation is 2. The molecule has 2 rings (SSSR count).